The Hall–Kier alpha value is -2.73. The van der Waals surface area contributed by atoms with E-state index in [-0.39, 0.29) is 11.5 Å². The van der Waals surface area contributed by atoms with Gasteiger partial charge in [0.15, 0.2) is 11.9 Å². The highest BCUT2D eigenvalue weighted by Crippen LogP contribution is 2.13. The van der Waals surface area contributed by atoms with Gasteiger partial charge in [-0.25, -0.2) is 9.78 Å². The summed E-state index contributed by atoms with van der Waals surface area (Å²) in [5.74, 6) is -1.39. The first-order valence-electron chi connectivity index (χ1n) is 7.11. The average Bonchev–Trinajstić information content (AvgIpc) is 2.54. The van der Waals surface area contributed by atoms with Gasteiger partial charge in [0.25, 0.3) is 5.91 Å². The van der Waals surface area contributed by atoms with Crippen molar-refractivity contribution in [1.82, 2.24) is 4.98 Å². The van der Waals surface area contributed by atoms with Crippen LogP contribution in [0.25, 0.3) is 0 Å². The molecule has 6 nitrogen and oxygen atoms in total. The van der Waals surface area contributed by atoms with Gasteiger partial charge < -0.3 is 10.1 Å². The molecule has 7 heteroatoms. The average molecular weight is 347 g/mol. The SMILES string of the molecule is CC(=O)c1cccc(NC(=O)[C@@H](C)OC(=O)c2cc(Cl)ccn2)c1. The van der Waals surface area contributed by atoms with Crippen LogP contribution in [0.4, 0.5) is 5.69 Å². The third kappa shape index (κ3) is 4.63. The van der Waals surface area contributed by atoms with E-state index in [1.54, 1.807) is 24.3 Å². The lowest BCUT2D eigenvalue weighted by atomic mass is 10.1. The number of carbonyl (C=O) groups excluding carboxylic acids is 3. The number of Topliss-reactive ketones (excluding diaryl/α,β-unsaturated/α-hetero) is 1. The van der Waals surface area contributed by atoms with Crippen molar-refractivity contribution in [2.45, 2.75) is 20.0 Å². The summed E-state index contributed by atoms with van der Waals surface area (Å²) in [4.78, 5) is 39.2. The fourth-order valence-electron chi connectivity index (χ4n) is 1.85. The van der Waals surface area contributed by atoms with E-state index in [0.717, 1.165) is 0 Å². The van der Waals surface area contributed by atoms with Crippen molar-refractivity contribution in [2.75, 3.05) is 5.32 Å². The van der Waals surface area contributed by atoms with Crippen LogP contribution in [-0.4, -0.2) is 28.7 Å². The highest BCUT2D eigenvalue weighted by atomic mass is 35.5. The van der Waals surface area contributed by atoms with Gasteiger partial charge in [0, 0.05) is 22.5 Å². The second-order valence-corrected chi connectivity index (χ2v) is 5.47. The lowest BCUT2D eigenvalue weighted by Gasteiger charge is -2.13. The number of amides is 1. The molecule has 0 radical (unpaired) electrons. The van der Waals surface area contributed by atoms with Crippen LogP contribution < -0.4 is 5.32 Å². The van der Waals surface area contributed by atoms with Gasteiger partial charge in [0.05, 0.1) is 0 Å². The summed E-state index contributed by atoms with van der Waals surface area (Å²) >= 11 is 5.78. The molecule has 1 aromatic heterocycles. The number of pyridine rings is 1. The van der Waals surface area contributed by atoms with E-state index < -0.39 is 18.0 Å². The number of esters is 1. The minimum Gasteiger partial charge on any atom is -0.448 e. The molecule has 0 unspecified atom stereocenters. The number of aromatic nitrogens is 1. The first-order chi connectivity index (χ1) is 11.4. The third-order valence-electron chi connectivity index (χ3n) is 3.12. The molecular weight excluding hydrogens is 332 g/mol. The maximum atomic E-state index is 12.1. The first kappa shape index (κ1) is 17.6. The maximum Gasteiger partial charge on any atom is 0.357 e. The molecule has 1 N–H and O–H groups in total. The highest BCUT2D eigenvalue weighted by Gasteiger charge is 2.20. The van der Waals surface area contributed by atoms with Crippen LogP contribution >= 0.6 is 11.6 Å². The van der Waals surface area contributed by atoms with E-state index in [1.807, 2.05) is 0 Å². The molecule has 2 aromatic rings. The van der Waals surface area contributed by atoms with Crippen LogP contribution in [0.1, 0.15) is 34.7 Å². The normalized spacial score (nSPS) is 11.5. The van der Waals surface area contributed by atoms with Gasteiger partial charge >= 0.3 is 5.97 Å². The van der Waals surface area contributed by atoms with Gasteiger partial charge in [-0.05, 0) is 38.1 Å². The molecule has 1 amide bonds. The van der Waals surface area contributed by atoms with Crippen molar-refractivity contribution >= 4 is 34.9 Å². The second-order valence-electron chi connectivity index (χ2n) is 5.03. The van der Waals surface area contributed by atoms with Crippen LogP contribution in [0.5, 0.6) is 0 Å². The number of halogens is 1. The minimum atomic E-state index is -1.04. The molecule has 0 fully saturated rings. The Bertz CT molecular complexity index is 792. The predicted octanol–water partition coefficient (Wildman–Crippen LogP) is 3.12. The van der Waals surface area contributed by atoms with E-state index in [9.17, 15) is 14.4 Å². The fraction of sp³-hybridized carbons (Fsp3) is 0.176. The molecule has 24 heavy (non-hydrogen) atoms. The molecule has 0 saturated heterocycles. The predicted molar refractivity (Wildman–Crippen MR) is 89.2 cm³/mol. The van der Waals surface area contributed by atoms with E-state index >= 15 is 0 Å². The summed E-state index contributed by atoms with van der Waals surface area (Å²) in [6.07, 6.45) is 0.330. The number of rotatable bonds is 5. The van der Waals surface area contributed by atoms with E-state index in [4.69, 9.17) is 16.3 Å². The lowest BCUT2D eigenvalue weighted by Crippen LogP contribution is -2.30. The van der Waals surface area contributed by atoms with E-state index in [1.165, 1.54) is 32.2 Å². The number of ether oxygens (including phenoxy) is 1. The minimum absolute atomic E-state index is 0.0146. The Balaban J connectivity index is 2.01. The number of ketones is 1. The van der Waals surface area contributed by atoms with Gasteiger partial charge in [-0.15, -0.1) is 0 Å². The van der Waals surface area contributed by atoms with Crippen molar-refractivity contribution in [3.05, 3.63) is 58.9 Å². The van der Waals surface area contributed by atoms with Gasteiger partial charge in [-0.2, -0.15) is 0 Å². The molecule has 2 rings (SSSR count). The molecule has 124 valence electrons. The third-order valence-corrected chi connectivity index (χ3v) is 3.36. The van der Waals surface area contributed by atoms with Crippen LogP contribution in [0, 0.1) is 0 Å². The Morgan fingerprint density at radius 1 is 1.21 bits per heavy atom. The number of hydrogen-bond acceptors (Lipinski definition) is 5. The molecule has 0 bridgehead atoms. The molecule has 1 heterocycles. The zero-order valence-electron chi connectivity index (χ0n) is 13.1. The van der Waals surface area contributed by atoms with Crippen LogP contribution in [0.2, 0.25) is 5.02 Å². The van der Waals surface area contributed by atoms with E-state index in [2.05, 4.69) is 10.3 Å². The first-order valence-corrected chi connectivity index (χ1v) is 7.49. The molecule has 0 spiro atoms. The summed E-state index contributed by atoms with van der Waals surface area (Å²) in [5, 5.41) is 2.93. The topological polar surface area (TPSA) is 85.4 Å². The van der Waals surface area contributed by atoms with Gasteiger partial charge in [0.1, 0.15) is 5.69 Å². The summed E-state index contributed by atoms with van der Waals surface area (Å²) in [6.45, 7) is 2.87. The van der Waals surface area contributed by atoms with Gasteiger partial charge in [-0.1, -0.05) is 23.7 Å². The molecule has 0 aliphatic heterocycles. The molecule has 0 aliphatic carbocycles. The van der Waals surface area contributed by atoms with Crippen molar-refractivity contribution < 1.29 is 19.1 Å². The van der Waals surface area contributed by atoms with Crippen molar-refractivity contribution in [3.8, 4) is 0 Å². The van der Waals surface area contributed by atoms with Crippen LogP contribution in [-0.2, 0) is 9.53 Å². The Kier molecular flexibility index (Phi) is 5.65. The molecule has 1 aromatic carbocycles. The fourth-order valence-corrected chi connectivity index (χ4v) is 2.01. The smallest absolute Gasteiger partial charge is 0.357 e. The Labute approximate surface area is 143 Å². The summed E-state index contributed by atoms with van der Waals surface area (Å²) in [5.41, 5.74) is 0.929. The molecular formula is C17H15ClN2O4. The van der Waals surface area contributed by atoms with Crippen molar-refractivity contribution in [2.24, 2.45) is 0 Å². The number of nitrogens with zero attached hydrogens (tertiary/aromatic N) is 1. The van der Waals surface area contributed by atoms with Crippen LogP contribution in [0.15, 0.2) is 42.6 Å². The Morgan fingerprint density at radius 3 is 2.62 bits per heavy atom. The zero-order chi connectivity index (χ0) is 17.7. The summed E-state index contributed by atoms with van der Waals surface area (Å²) in [6, 6.07) is 9.36. The number of nitrogens with one attached hydrogen (secondary N) is 1. The molecule has 1 atom stereocenters. The monoisotopic (exact) mass is 346 g/mol. The zero-order valence-corrected chi connectivity index (χ0v) is 13.8. The summed E-state index contributed by atoms with van der Waals surface area (Å²) in [7, 11) is 0. The summed E-state index contributed by atoms with van der Waals surface area (Å²) < 4.78 is 5.06. The number of hydrogen-bond donors (Lipinski definition) is 1. The molecule has 0 saturated carbocycles. The van der Waals surface area contributed by atoms with Gasteiger partial charge in [0.2, 0.25) is 0 Å². The number of carbonyl (C=O) groups is 3. The quantitative estimate of drug-likeness (QED) is 0.664. The Morgan fingerprint density at radius 2 is 1.96 bits per heavy atom. The number of benzene rings is 1. The lowest BCUT2D eigenvalue weighted by molar-refractivity contribution is -0.123. The van der Waals surface area contributed by atoms with E-state index in [0.29, 0.717) is 16.3 Å². The van der Waals surface area contributed by atoms with Gasteiger partial charge in [-0.3, -0.25) is 9.59 Å². The maximum absolute atomic E-state index is 12.1. The standard InChI is InChI=1S/C17H15ClN2O4/c1-10(21)12-4-3-5-14(8-12)20-16(22)11(2)24-17(23)15-9-13(18)6-7-19-15/h3-9,11H,1-2H3,(H,20,22)/t11-/m1/s1. The van der Waals surface area contributed by atoms with Crippen LogP contribution in [0.3, 0.4) is 0 Å². The number of anilines is 1. The second kappa shape index (κ2) is 7.70. The molecule has 0 aliphatic rings. The van der Waals surface area contributed by atoms with Crippen molar-refractivity contribution in [3.63, 3.8) is 0 Å². The largest absolute Gasteiger partial charge is 0.448 e. The van der Waals surface area contributed by atoms with Crippen molar-refractivity contribution in [1.29, 1.82) is 0 Å². The highest BCUT2D eigenvalue weighted by molar-refractivity contribution is 6.30.